The van der Waals surface area contributed by atoms with Gasteiger partial charge in [-0.1, -0.05) is 11.6 Å². The van der Waals surface area contributed by atoms with Gasteiger partial charge in [-0.15, -0.1) is 0 Å². The van der Waals surface area contributed by atoms with Gasteiger partial charge in [0, 0.05) is 17.4 Å². The van der Waals surface area contributed by atoms with Crippen LogP contribution >= 0.6 is 11.6 Å². The van der Waals surface area contributed by atoms with Crippen LogP contribution in [0.5, 0.6) is 5.75 Å². The number of hydrogen-bond acceptors (Lipinski definition) is 4. The molecular formula is C15H14ClN3O. The summed E-state index contributed by atoms with van der Waals surface area (Å²) >= 11 is 6.14. The van der Waals surface area contributed by atoms with Crippen molar-refractivity contribution < 1.29 is 4.74 Å². The lowest BCUT2D eigenvalue weighted by atomic mass is 10.1. The van der Waals surface area contributed by atoms with E-state index in [1.54, 1.807) is 25.3 Å². The number of nitrogens with two attached hydrogens (primary N) is 1. The zero-order chi connectivity index (χ0) is 14.5. The average molecular weight is 288 g/mol. The van der Waals surface area contributed by atoms with Gasteiger partial charge in [-0.3, -0.25) is 0 Å². The molecule has 20 heavy (non-hydrogen) atoms. The Balaban J connectivity index is 2.30. The molecule has 2 aromatic carbocycles. The normalized spacial score (nSPS) is 9.85. The van der Waals surface area contributed by atoms with E-state index in [0.29, 0.717) is 16.5 Å². The molecule has 0 aliphatic carbocycles. The first-order valence-electron chi connectivity index (χ1n) is 6.00. The van der Waals surface area contributed by atoms with Crippen LogP contribution in [0, 0.1) is 11.3 Å². The molecule has 0 bridgehead atoms. The van der Waals surface area contributed by atoms with E-state index in [9.17, 15) is 0 Å². The summed E-state index contributed by atoms with van der Waals surface area (Å²) in [5.74, 6) is 0.713. The number of nitriles is 1. The third kappa shape index (κ3) is 3.14. The average Bonchev–Trinajstić information content (AvgIpc) is 2.45. The van der Waals surface area contributed by atoms with Crippen LogP contribution in [0.4, 0.5) is 17.1 Å². The second-order valence-corrected chi connectivity index (χ2v) is 4.63. The molecule has 0 saturated heterocycles. The summed E-state index contributed by atoms with van der Waals surface area (Å²) in [4.78, 5) is 0. The Morgan fingerprint density at radius 1 is 1.30 bits per heavy atom. The summed E-state index contributed by atoms with van der Waals surface area (Å²) in [7, 11) is 1.60. The van der Waals surface area contributed by atoms with E-state index < -0.39 is 0 Å². The number of nitrogen functional groups attached to an aromatic ring is 1. The molecular weight excluding hydrogens is 274 g/mol. The van der Waals surface area contributed by atoms with Crippen molar-refractivity contribution in [2.24, 2.45) is 0 Å². The van der Waals surface area contributed by atoms with Crippen molar-refractivity contribution in [2.75, 3.05) is 18.2 Å². The molecule has 0 saturated carbocycles. The zero-order valence-electron chi connectivity index (χ0n) is 11.0. The minimum Gasteiger partial charge on any atom is -0.497 e. The number of hydrogen-bond donors (Lipinski definition) is 2. The summed E-state index contributed by atoms with van der Waals surface area (Å²) in [6, 6.07) is 12.9. The maximum atomic E-state index is 8.77. The predicted molar refractivity (Wildman–Crippen MR) is 81.5 cm³/mol. The van der Waals surface area contributed by atoms with E-state index in [4.69, 9.17) is 27.3 Å². The number of benzene rings is 2. The lowest BCUT2D eigenvalue weighted by Crippen LogP contribution is -1.97. The van der Waals surface area contributed by atoms with E-state index in [2.05, 4.69) is 11.4 Å². The van der Waals surface area contributed by atoms with Crippen molar-refractivity contribution in [1.82, 2.24) is 0 Å². The quantitative estimate of drug-likeness (QED) is 0.840. The summed E-state index contributed by atoms with van der Waals surface area (Å²) in [6.07, 6.45) is 0.271. The molecule has 0 unspecified atom stereocenters. The molecule has 4 nitrogen and oxygen atoms in total. The molecule has 0 aromatic heterocycles. The highest BCUT2D eigenvalue weighted by Gasteiger charge is 2.05. The number of halogens is 1. The third-order valence-electron chi connectivity index (χ3n) is 2.87. The molecule has 3 N–H and O–H groups in total. The van der Waals surface area contributed by atoms with Gasteiger partial charge in [-0.2, -0.15) is 5.26 Å². The fourth-order valence-electron chi connectivity index (χ4n) is 1.80. The second kappa shape index (κ2) is 6.18. The molecule has 0 atom stereocenters. The summed E-state index contributed by atoms with van der Waals surface area (Å²) in [5.41, 5.74) is 8.77. The number of nitrogens with zero attached hydrogens (tertiary/aromatic N) is 1. The molecule has 0 fully saturated rings. The Kier molecular flexibility index (Phi) is 4.34. The van der Waals surface area contributed by atoms with Crippen LogP contribution in [0.25, 0.3) is 0 Å². The predicted octanol–water partition coefficient (Wildman–Crippen LogP) is 3.74. The molecule has 0 aliphatic rings. The first-order chi connectivity index (χ1) is 9.63. The highest BCUT2D eigenvalue weighted by molar-refractivity contribution is 6.33. The molecule has 102 valence electrons. The fraction of sp³-hybridized carbons (Fsp3) is 0.133. The molecule has 0 heterocycles. The Hall–Kier alpha value is -2.38. The van der Waals surface area contributed by atoms with Crippen LogP contribution in [0.1, 0.15) is 5.56 Å². The summed E-state index contributed by atoms with van der Waals surface area (Å²) < 4.78 is 5.17. The molecule has 0 amide bonds. The van der Waals surface area contributed by atoms with Crippen molar-refractivity contribution in [3.63, 3.8) is 0 Å². The van der Waals surface area contributed by atoms with Crippen LogP contribution < -0.4 is 15.8 Å². The van der Waals surface area contributed by atoms with Crippen LogP contribution in [-0.4, -0.2) is 7.11 Å². The minimum atomic E-state index is 0.271. The van der Waals surface area contributed by atoms with Gasteiger partial charge in [0.05, 0.1) is 30.3 Å². The van der Waals surface area contributed by atoms with Crippen molar-refractivity contribution in [3.05, 3.63) is 47.0 Å². The van der Waals surface area contributed by atoms with Crippen molar-refractivity contribution >= 4 is 28.7 Å². The molecule has 2 aromatic rings. The van der Waals surface area contributed by atoms with Crippen LogP contribution in [0.3, 0.4) is 0 Å². The molecule has 5 heteroatoms. The standard InChI is InChI=1S/C15H14ClN3O/c1-20-12-3-4-13(16)15(9-12)19-11-2-5-14(18)10(8-11)6-7-17/h2-5,8-9,19H,6,18H2,1H3. The number of ether oxygens (including phenoxy) is 1. The van der Waals surface area contributed by atoms with Gasteiger partial charge in [-0.25, -0.2) is 0 Å². The minimum absolute atomic E-state index is 0.271. The van der Waals surface area contributed by atoms with Gasteiger partial charge in [0.2, 0.25) is 0 Å². The van der Waals surface area contributed by atoms with E-state index in [0.717, 1.165) is 16.9 Å². The topological polar surface area (TPSA) is 71.1 Å². The van der Waals surface area contributed by atoms with E-state index in [1.807, 2.05) is 18.2 Å². The first-order valence-corrected chi connectivity index (χ1v) is 6.37. The molecule has 0 spiro atoms. The van der Waals surface area contributed by atoms with Crippen molar-refractivity contribution in [2.45, 2.75) is 6.42 Å². The Morgan fingerprint density at radius 3 is 2.80 bits per heavy atom. The van der Waals surface area contributed by atoms with E-state index >= 15 is 0 Å². The van der Waals surface area contributed by atoms with Crippen molar-refractivity contribution in [3.8, 4) is 11.8 Å². The second-order valence-electron chi connectivity index (χ2n) is 4.22. The van der Waals surface area contributed by atoms with Gasteiger partial charge >= 0.3 is 0 Å². The third-order valence-corrected chi connectivity index (χ3v) is 3.19. The van der Waals surface area contributed by atoms with Gasteiger partial charge in [0.25, 0.3) is 0 Å². The Morgan fingerprint density at radius 2 is 2.10 bits per heavy atom. The lowest BCUT2D eigenvalue weighted by molar-refractivity contribution is 0.415. The molecule has 0 aliphatic heterocycles. The van der Waals surface area contributed by atoms with Gasteiger partial charge < -0.3 is 15.8 Å². The van der Waals surface area contributed by atoms with Gasteiger partial charge in [-0.05, 0) is 35.9 Å². The Labute approximate surface area is 122 Å². The van der Waals surface area contributed by atoms with Crippen LogP contribution in [0.2, 0.25) is 5.02 Å². The van der Waals surface area contributed by atoms with E-state index in [-0.39, 0.29) is 6.42 Å². The maximum absolute atomic E-state index is 8.77. The van der Waals surface area contributed by atoms with Crippen LogP contribution in [0.15, 0.2) is 36.4 Å². The summed E-state index contributed by atoms with van der Waals surface area (Å²) in [5, 5.41) is 12.6. The Bertz CT molecular complexity index is 665. The fourth-order valence-corrected chi connectivity index (χ4v) is 1.97. The number of rotatable bonds is 4. The van der Waals surface area contributed by atoms with Crippen molar-refractivity contribution in [1.29, 1.82) is 5.26 Å². The lowest BCUT2D eigenvalue weighted by Gasteiger charge is -2.12. The van der Waals surface area contributed by atoms with Gasteiger partial charge in [0.15, 0.2) is 0 Å². The zero-order valence-corrected chi connectivity index (χ0v) is 11.7. The smallest absolute Gasteiger partial charge is 0.121 e. The van der Waals surface area contributed by atoms with E-state index in [1.165, 1.54) is 0 Å². The largest absolute Gasteiger partial charge is 0.497 e. The monoisotopic (exact) mass is 287 g/mol. The van der Waals surface area contributed by atoms with Gasteiger partial charge in [0.1, 0.15) is 5.75 Å². The highest BCUT2D eigenvalue weighted by Crippen LogP contribution is 2.30. The molecule has 2 rings (SSSR count). The molecule has 0 radical (unpaired) electrons. The number of anilines is 3. The number of nitrogens with one attached hydrogen (secondary N) is 1. The highest BCUT2D eigenvalue weighted by atomic mass is 35.5. The first kappa shape index (κ1) is 14.0. The maximum Gasteiger partial charge on any atom is 0.121 e. The SMILES string of the molecule is COc1ccc(Cl)c(Nc2ccc(N)c(CC#N)c2)c1. The summed E-state index contributed by atoms with van der Waals surface area (Å²) in [6.45, 7) is 0. The number of methoxy groups -OCH3 is 1. The van der Waals surface area contributed by atoms with Crippen LogP contribution in [-0.2, 0) is 6.42 Å².